The van der Waals surface area contributed by atoms with E-state index in [-0.39, 0.29) is 73.2 Å². The van der Waals surface area contributed by atoms with Crippen molar-refractivity contribution in [3.05, 3.63) is 53.1 Å². The molecule has 0 aliphatic carbocycles. The molecule has 4 rings (SSSR count). The molecule has 0 radical (unpaired) electrons. The molecular formula is C49H73NO19. The third-order valence-corrected chi connectivity index (χ3v) is 9.85. The zero-order chi connectivity index (χ0) is 53.1. The molecule has 0 saturated carbocycles. The zero-order valence-electron chi connectivity index (χ0n) is 41.7. The van der Waals surface area contributed by atoms with E-state index >= 15 is 0 Å². The van der Waals surface area contributed by atoms with Crippen molar-refractivity contribution in [1.29, 1.82) is 0 Å². The molecule has 0 spiro atoms. The Morgan fingerprint density at radius 1 is 0.609 bits per heavy atom. The summed E-state index contributed by atoms with van der Waals surface area (Å²) in [5.41, 5.74) is 1.51. The number of benzene rings is 2. The predicted octanol–water partition coefficient (Wildman–Crippen LogP) is 3.76. The summed E-state index contributed by atoms with van der Waals surface area (Å²) in [6.45, 7) is 23.1. The number of ether oxygens (including phenoxy) is 6. The van der Waals surface area contributed by atoms with Gasteiger partial charge in [-0.05, 0) is 113 Å². The standard InChI is InChI=1S/C25H39NO8.C22H34O7.2CO2/c1-24(2,3)11-7-8-19(28)26-16-12-15(13-33-23(31)25(4,5)6)9-10-18(16)34-22-21(30)20(29)17(27)14-32-22;1-21(2,3)10-14-9-13(11-28-20(26)22(4,5)6)7-8-16(14)29-19-18(25)17(24)15(23)12-27-19;2*2-1-3/h9-10,12,17,20-22,27,29-30H,7-8,11,13-14H2,1-6H3,(H,26,28);7-9,15,17-19,23-25H,10-12H2,1-6H3;;/t17-,20+,21-,22-;15-,17+,18-,19-;;/m11../s1. The molecule has 2 heterocycles. The van der Waals surface area contributed by atoms with E-state index in [1.54, 1.807) is 71.9 Å². The molecule has 2 fully saturated rings. The minimum Gasteiger partial charge on any atom is -0.462 e. The molecule has 7 N–H and O–H groups in total. The van der Waals surface area contributed by atoms with E-state index in [1.807, 2.05) is 6.07 Å². The molecule has 2 aliphatic rings. The van der Waals surface area contributed by atoms with Crippen LogP contribution in [-0.4, -0.2) is 123 Å². The monoisotopic (exact) mass is 979 g/mol. The molecule has 388 valence electrons. The van der Waals surface area contributed by atoms with Gasteiger partial charge < -0.3 is 64.4 Å². The van der Waals surface area contributed by atoms with Crippen molar-refractivity contribution in [2.45, 2.75) is 171 Å². The largest absolute Gasteiger partial charge is 0.462 e. The normalized spacial score (nSPS) is 22.5. The number of nitrogens with one attached hydrogen (secondary N) is 1. The number of carbonyl (C=O) groups excluding carboxylic acids is 7. The van der Waals surface area contributed by atoms with Crippen LogP contribution in [0.4, 0.5) is 5.69 Å². The van der Waals surface area contributed by atoms with Gasteiger partial charge in [0.05, 0.1) is 29.7 Å². The number of hydrogen-bond acceptors (Lipinski definition) is 19. The number of anilines is 1. The van der Waals surface area contributed by atoms with Crippen LogP contribution in [0.25, 0.3) is 0 Å². The first-order valence-corrected chi connectivity index (χ1v) is 22.3. The molecule has 2 aliphatic heterocycles. The maximum absolute atomic E-state index is 12.6. The van der Waals surface area contributed by atoms with Crippen LogP contribution in [0.1, 0.15) is 119 Å². The van der Waals surface area contributed by atoms with Crippen molar-refractivity contribution < 1.29 is 92.6 Å². The smallest absolute Gasteiger partial charge is 0.373 e. The first-order chi connectivity index (χ1) is 31.8. The second-order valence-electron chi connectivity index (χ2n) is 21.0. The fraction of sp³-hybridized carbons (Fsp3) is 0.653. The molecule has 2 aromatic carbocycles. The summed E-state index contributed by atoms with van der Waals surface area (Å²) in [5.74, 6) is -0.118. The van der Waals surface area contributed by atoms with Gasteiger partial charge in [-0.3, -0.25) is 14.4 Å². The summed E-state index contributed by atoms with van der Waals surface area (Å²) < 4.78 is 33.0. The van der Waals surface area contributed by atoms with Crippen molar-refractivity contribution >= 4 is 35.8 Å². The Morgan fingerprint density at radius 2 is 1.01 bits per heavy atom. The van der Waals surface area contributed by atoms with Gasteiger partial charge in [0, 0.05) is 6.42 Å². The van der Waals surface area contributed by atoms with Crippen LogP contribution in [0.3, 0.4) is 0 Å². The molecule has 69 heavy (non-hydrogen) atoms. The number of aliphatic hydroxyl groups excluding tert-OH is 6. The number of amides is 1. The van der Waals surface area contributed by atoms with Crippen molar-refractivity contribution in [2.24, 2.45) is 21.7 Å². The van der Waals surface area contributed by atoms with Gasteiger partial charge in [0.15, 0.2) is 0 Å². The van der Waals surface area contributed by atoms with E-state index in [0.717, 1.165) is 17.5 Å². The Morgan fingerprint density at radius 3 is 1.42 bits per heavy atom. The third-order valence-electron chi connectivity index (χ3n) is 9.85. The predicted molar refractivity (Wildman–Crippen MR) is 243 cm³/mol. The highest BCUT2D eigenvalue weighted by atomic mass is 16.7. The number of rotatable bonds is 13. The zero-order valence-corrected chi connectivity index (χ0v) is 41.7. The van der Waals surface area contributed by atoms with Gasteiger partial charge in [-0.2, -0.15) is 19.2 Å². The topological polar surface area (TPSA) is 308 Å². The highest BCUT2D eigenvalue weighted by Gasteiger charge is 2.40. The van der Waals surface area contributed by atoms with Gasteiger partial charge in [-0.15, -0.1) is 0 Å². The van der Waals surface area contributed by atoms with Crippen LogP contribution < -0.4 is 14.8 Å². The van der Waals surface area contributed by atoms with Crippen LogP contribution in [0, 0.1) is 21.7 Å². The second kappa shape index (κ2) is 27.9. The van der Waals surface area contributed by atoms with E-state index in [9.17, 15) is 45.0 Å². The Hall–Kier alpha value is -5.11. The minimum absolute atomic E-state index is 0.0107. The summed E-state index contributed by atoms with van der Waals surface area (Å²) in [6.07, 6.45) is -7.23. The third kappa shape index (κ3) is 22.9. The number of aliphatic hydroxyl groups is 6. The van der Waals surface area contributed by atoms with E-state index < -0.39 is 60.0 Å². The van der Waals surface area contributed by atoms with Gasteiger partial charge in [-0.25, -0.2) is 0 Å². The fourth-order valence-corrected chi connectivity index (χ4v) is 6.15. The summed E-state index contributed by atoms with van der Waals surface area (Å²) in [4.78, 5) is 69.3. The lowest BCUT2D eigenvalue weighted by Crippen LogP contribution is -2.54. The maximum Gasteiger partial charge on any atom is 0.373 e. The number of hydrogen-bond donors (Lipinski definition) is 7. The molecule has 2 aromatic rings. The van der Waals surface area contributed by atoms with Crippen molar-refractivity contribution in [1.82, 2.24) is 0 Å². The molecular weight excluding hydrogens is 907 g/mol. The number of esters is 2. The van der Waals surface area contributed by atoms with Crippen LogP contribution in [0.15, 0.2) is 36.4 Å². The van der Waals surface area contributed by atoms with Gasteiger partial charge in [-0.1, -0.05) is 53.7 Å². The average molecular weight is 980 g/mol. The maximum atomic E-state index is 12.6. The Balaban J connectivity index is 0.000000625. The fourth-order valence-electron chi connectivity index (χ4n) is 6.15. The van der Waals surface area contributed by atoms with E-state index in [0.29, 0.717) is 36.3 Å². The highest BCUT2D eigenvalue weighted by Crippen LogP contribution is 2.33. The molecule has 2 saturated heterocycles. The summed E-state index contributed by atoms with van der Waals surface area (Å²) >= 11 is 0. The van der Waals surface area contributed by atoms with Crippen LogP contribution in [0.5, 0.6) is 11.5 Å². The molecule has 8 atom stereocenters. The summed E-state index contributed by atoms with van der Waals surface area (Å²) in [7, 11) is 0. The van der Waals surface area contributed by atoms with Gasteiger partial charge >= 0.3 is 24.2 Å². The van der Waals surface area contributed by atoms with Gasteiger partial charge in [0.1, 0.15) is 61.3 Å². The van der Waals surface area contributed by atoms with Crippen molar-refractivity contribution in [3.8, 4) is 11.5 Å². The lowest BCUT2D eigenvalue weighted by molar-refractivity contribution is -0.242. The van der Waals surface area contributed by atoms with Gasteiger partial charge in [0.2, 0.25) is 18.5 Å². The van der Waals surface area contributed by atoms with Crippen molar-refractivity contribution in [2.75, 3.05) is 18.5 Å². The SMILES string of the molecule is CC(C)(C)CCCC(=O)Nc1cc(COC(=O)C(C)(C)C)ccc1O[C@H]1OC[C@@H](O)[C@H](O)[C@H]1O.CC(C)(C)Cc1cc(COC(=O)C(C)(C)C)ccc1O[C@H]1OC[C@@H](O)[C@H](O)[C@H]1O.O=C=O.O=C=O. The van der Waals surface area contributed by atoms with E-state index in [2.05, 4.69) is 46.9 Å². The quantitative estimate of drug-likeness (QED) is 0.141. The first kappa shape index (κ1) is 61.9. The summed E-state index contributed by atoms with van der Waals surface area (Å²) in [5, 5.41) is 62.2. The van der Waals surface area contributed by atoms with Crippen molar-refractivity contribution in [3.63, 3.8) is 0 Å². The lowest BCUT2D eigenvalue weighted by atomic mass is 9.87. The van der Waals surface area contributed by atoms with Crippen LogP contribution in [-0.2, 0) is 72.1 Å². The molecule has 1 amide bonds. The Bertz CT molecular complexity index is 1990. The Kier molecular flexibility index (Phi) is 25.0. The Labute approximate surface area is 403 Å². The molecule has 20 heteroatoms. The van der Waals surface area contributed by atoms with Crippen LogP contribution in [0.2, 0.25) is 0 Å². The van der Waals surface area contributed by atoms with Gasteiger partial charge in [0.25, 0.3) is 0 Å². The minimum atomic E-state index is -1.48. The molecule has 20 nitrogen and oxygen atoms in total. The molecule has 0 bridgehead atoms. The van der Waals surface area contributed by atoms with Crippen LogP contribution >= 0.6 is 0 Å². The first-order valence-electron chi connectivity index (χ1n) is 22.3. The second-order valence-corrected chi connectivity index (χ2v) is 21.0. The molecule has 0 unspecified atom stereocenters. The summed E-state index contributed by atoms with van der Waals surface area (Å²) in [6, 6.07) is 10.3. The molecule has 0 aromatic heterocycles. The number of carbonyl (C=O) groups is 3. The average Bonchev–Trinajstić information content (AvgIpc) is 3.22. The lowest BCUT2D eigenvalue weighted by Gasteiger charge is -2.35. The van der Waals surface area contributed by atoms with E-state index in [4.69, 9.17) is 47.6 Å². The highest BCUT2D eigenvalue weighted by molar-refractivity contribution is 5.92. The van der Waals surface area contributed by atoms with E-state index in [1.165, 1.54) is 0 Å².